The van der Waals surface area contributed by atoms with Crippen molar-refractivity contribution in [2.45, 2.75) is 19.3 Å². The number of aromatic nitrogens is 2. The van der Waals surface area contributed by atoms with Crippen molar-refractivity contribution >= 4 is 0 Å². The Labute approximate surface area is 93.2 Å². The maximum atomic E-state index is 13.3. The molecule has 0 saturated carbocycles. The molecule has 2 nitrogen and oxygen atoms in total. The van der Waals surface area contributed by atoms with Crippen molar-refractivity contribution in [3.63, 3.8) is 0 Å². The highest BCUT2D eigenvalue weighted by atomic mass is 19.1. The van der Waals surface area contributed by atoms with E-state index >= 15 is 0 Å². The van der Waals surface area contributed by atoms with E-state index in [0.717, 1.165) is 22.4 Å². The van der Waals surface area contributed by atoms with Crippen LogP contribution in [0.1, 0.15) is 25.1 Å². The molecule has 0 amide bonds. The van der Waals surface area contributed by atoms with E-state index in [-0.39, 0.29) is 11.2 Å². The van der Waals surface area contributed by atoms with Gasteiger partial charge in [-0.3, -0.25) is 0 Å². The third-order valence-electron chi connectivity index (χ3n) is 3.25. The third-order valence-corrected chi connectivity index (χ3v) is 3.25. The Morgan fingerprint density at radius 3 is 2.81 bits per heavy atom. The Kier molecular flexibility index (Phi) is 1.70. The highest BCUT2D eigenvalue weighted by molar-refractivity contribution is 5.78. The molecule has 80 valence electrons. The molecule has 0 unspecified atom stereocenters. The van der Waals surface area contributed by atoms with Crippen LogP contribution in [0.15, 0.2) is 30.7 Å². The molecule has 1 aliphatic carbocycles. The van der Waals surface area contributed by atoms with Gasteiger partial charge in [0.15, 0.2) is 0 Å². The smallest absolute Gasteiger partial charge is 0.123 e. The van der Waals surface area contributed by atoms with E-state index < -0.39 is 0 Å². The molecule has 3 rings (SSSR count). The second-order valence-electron chi connectivity index (χ2n) is 4.60. The molecule has 1 aliphatic rings. The average Bonchev–Trinajstić information content (AvgIpc) is 2.49. The number of hydrogen-bond acceptors (Lipinski definition) is 2. The summed E-state index contributed by atoms with van der Waals surface area (Å²) in [6.45, 7) is 4.12. The van der Waals surface area contributed by atoms with Crippen LogP contribution in [0.5, 0.6) is 0 Å². The Bertz CT molecular complexity index is 576. The summed E-state index contributed by atoms with van der Waals surface area (Å²) in [6.07, 6.45) is 3.34. The van der Waals surface area contributed by atoms with E-state index in [1.54, 1.807) is 18.6 Å². The van der Waals surface area contributed by atoms with Crippen molar-refractivity contribution < 1.29 is 4.39 Å². The van der Waals surface area contributed by atoms with Crippen LogP contribution in [-0.2, 0) is 5.41 Å². The zero-order valence-corrected chi connectivity index (χ0v) is 9.16. The summed E-state index contributed by atoms with van der Waals surface area (Å²) in [4.78, 5) is 8.36. The van der Waals surface area contributed by atoms with Gasteiger partial charge in [-0.1, -0.05) is 19.9 Å². The molecule has 0 bridgehead atoms. The Balaban J connectivity index is 2.39. The highest BCUT2D eigenvalue weighted by Crippen LogP contribution is 2.46. The second-order valence-corrected chi connectivity index (χ2v) is 4.60. The monoisotopic (exact) mass is 214 g/mol. The van der Waals surface area contributed by atoms with Gasteiger partial charge in [0, 0.05) is 17.2 Å². The van der Waals surface area contributed by atoms with E-state index in [9.17, 15) is 4.39 Å². The fourth-order valence-electron chi connectivity index (χ4n) is 2.42. The molecule has 1 aromatic carbocycles. The highest BCUT2D eigenvalue weighted by Gasteiger charge is 2.37. The maximum Gasteiger partial charge on any atom is 0.123 e. The molecular formula is C13H11FN2. The second kappa shape index (κ2) is 2.88. The van der Waals surface area contributed by atoms with Crippen molar-refractivity contribution in [1.29, 1.82) is 0 Å². The van der Waals surface area contributed by atoms with E-state index in [1.807, 2.05) is 6.07 Å². The minimum absolute atomic E-state index is 0.201. The van der Waals surface area contributed by atoms with Crippen molar-refractivity contribution in [2.24, 2.45) is 0 Å². The molecule has 0 saturated heterocycles. The first kappa shape index (κ1) is 9.46. The van der Waals surface area contributed by atoms with Gasteiger partial charge in [0.1, 0.15) is 12.1 Å². The molecule has 1 aromatic heterocycles. The van der Waals surface area contributed by atoms with Gasteiger partial charge >= 0.3 is 0 Å². The molecular weight excluding hydrogens is 203 g/mol. The molecule has 2 aromatic rings. The van der Waals surface area contributed by atoms with Gasteiger partial charge in [-0.05, 0) is 23.3 Å². The molecule has 0 atom stereocenters. The van der Waals surface area contributed by atoms with Crippen molar-refractivity contribution in [3.05, 3.63) is 47.8 Å². The molecule has 16 heavy (non-hydrogen) atoms. The van der Waals surface area contributed by atoms with Crippen LogP contribution in [0, 0.1) is 5.82 Å². The van der Waals surface area contributed by atoms with Gasteiger partial charge in [-0.15, -0.1) is 0 Å². The van der Waals surface area contributed by atoms with Gasteiger partial charge < -0.3 is 0 Å². The van der Waals surface area contributed by atoms with Crippen LogP contribution in [0.25, 0.3) is 11.1 Å². The molecule has 0 N–H and O–H groups in total. The number of rotatable bonds is 0. The van der Waals surface area contributed by atoms with E-state index in [1.165, 1.54) is 6.07 Å². The first-order chi connectivity index (χ1) is 7.60. The summed E-state index contributed by atoms with van der Waals surface area (Å²) >= 11 is 0. The molecule has 0 spiro atoms. The topological polar surface area (TPSA) is 25.8 Å². The molecule has 1 heterocycles. The van der Waals surface area contributed by atoms with Crippen LogP contribution in [-0.4, -0.2) is 9.97 Å². The first-order valence-corrected chi connectivity index (χ1v) is 5.21. The lowest BCUT2D eigenvalue weighted by Gasteiger charge is -2.19. The first-order valence-electron chi connectivity index (χ1n) is 5.21. The Morgan fingerprint density at radius 1 is 1.19 bits per heavy atom. The number of benzene rings is 1. The number of hydrogen-bond donors (Lipinski definition) is 0. The minimum atomic E-state index is -0.240. The Morgan fingerprint density at radius 2 is 2.00 bits per heavy atom. The van der Waals surface area contributed by atoms with Crippen molar-refractivity contribution in [3.8, 4) is 11.1 Å². The molecule has 0 fully saturated rings. The quantitative estimate of drug-likeness (QED) is 0.673. The van der Waals surface area contributed by atoms with E-state index in [4.69, 9.17) is 0 Å². The summed E-state index contributed by atoms with van der Waals surface area (Å²) in [5, 5.41) is 0. The zero-order valence-electron chi connectivity index (χ0n) is 9.16. The number of fused-ring (bicyclic) bond motifs is 3. The normalized spacial score (nSPS) is 15.7. The SMILES string of the molecule is CC1(C)c2cc(F)ccc2-c2cncnc21. The van der Waals surface area contributed by atoms with Gasteiger partial charge in [0.2, 0.25) is 0 Å². The predicted octanol–water partition coefficient (Wildman–Crippen LogP) is 2.92. The van der Waals surface area contributed by atoms with E-state index in [0.29, 0.717) is 0 Å². The summed E-state index contributed by atoms with van der Waals surface area (Å²) in [7, 11) is 0. The Hall–Kier alpha value is -1.77. The fraction of sp³-hybridized carbons (Fsp3) is 0.231. The number of nitrogens with zero attached hydrogens (tertiary/aromatic N) is 2. The van der Waals surface area contributed by atoms with E-state index in [2.05, 4.69) is 23.8 Å². The van der Waals surface area contributed by atoms with Crippen LogP contribution in [0.2, 0.25) is 0 Å². The zero-order chi connectivity index (χ0) is 11.3. The van der Waals surface area contributed by atoms with Crippen LogP contribution in [0.3, 0.4) is 0 Å². The lowest BCUT2D eigenvalue weighted by molar-refractivity contribution is 0.602. The maximum absolute atomic E-state index is 13.3. The molecule has 0 aliphatic heterocycles. The minimum Gasteiger partial charge on any atom is -0.244 e. The standard InChI is InChI=1S/C13H11FN2/c1-13(2)11-5-8(14)3-4-9(11)10-6-15-7-16-12(10)13/h3-7H,1-2H3. The van der Waals surface area contributed by atoms with Gasteiger partial charge in [-0.2, -0.15) is 0 Å². The largest absolute Gasteiger partial charge is 0.244 e. The average molecular weight is 214 g/mol. The summed E-state index contributed by atoms with van der Waals surface area (Å²) in [6, 6.07) is 4.88. The summed E-state index contributed by atoms with van der Waals surface area (Å²) in [5.41, 5.74) is 3.78. The van der Waals surface area contributed by atoms with Crippen LogP contribution >= 0.6 is 0 Å². The van der Waals surface area contributed by atoms with Gasteiger partial charge in [0.25, 0.3) is 0 Å². The lowest BCUT2D eigenvalue weighted by atomic mass is 9.85. The summed E-state index contributed by atoms with van der Waals surface area (Å²) < 4.78 is 13.3. The summed E-state index contributed by atoms with van der Waals surface area (Å²) in [5.74, 6) is -0.201. The molecule has 0 radical (unpaired) electrons. The van der Waals surface area contributed by atoms with Crippen LogP contribution < -0.4 is 0 Å². The molecule has 3 heteroatoms. The lowest BCUT2D eigenvalue weighted by Crippen LogP contribution is -2.16. The van der Waals surface area contributed by atoms with Gasteiger partial charge in [0.05, 0.1) is 5.69 Å². The van der Waals surface area contributed by atoms with Crippen LogP contribution in [0.4, 0.5) is 4.39 Å². The predicted molar refractivity (Wildman–Crippen MR) is 59.6 cm³/mol. The number of halogens is 1. The van der Waals surface area contributed by atoms with Crippen molar-refractivity contribution in [1.82, 2.24) is 9.97 Å². The van der Waals surface area contributed by atoms with Crippen molar-refractivity contribution in [2.75, 3.05) is 0 Å². The third kappa shape index (κ3) is 1.06. The fourth-order valence-corrected chi connectivity index (χ4v) is 2.42. The van der Waals surface area contributed by atoms with Gasteiger partial charge in [-0.25, -0.2) is 14.4 Å².